The monoisotopic (exact) mass is 275 g/mol. The van der Waals surface area contributed by atoms with Gasteiger partial charge in [-0.25, -0.2) is 9.97 Å². The summed E-state index contributed by atoms with van der Waals surface area (Å²) in [6.45, 7) is 10.9. The first-order valence-electron chi connectivity index (χ1n) is 7.74. The van der Waals surface area contributed by atoms with Crippen LogP contribution in [0.1, 0.15) is 24.2 Å². The van der Waals surface area contributed by atoms with Crippen molar-refractivity contribution in [2.24, 2.45) is 0 Å². The number of piperazine rings is 1. The highest BCUT2D eigenvalue weighted by molar-refractivity contribution is 5.32. The quantitative estimate of drug-likeness (QED) is 0.871. The van der Waals surface area contributed by atoms with Crippen LogP contribution in [-0.2, 0) is 0 Å². The van der Waals surface area contributed by atoms with E-state index >= 15 is 0 Å². The minimum absolute atomic E-state index is 0.749. The summed E-state index contributed by atoms with van der Waals surface area (Å²) in [6.07, 6.45) is 2.46. The number of nitrogens with zero attached hydrogens (tertiary/aromatic N) is 4. The molecule has 0 amide bonds. The Morgan fingerprint density at radius 3 is 2.20 bits per heavy atom. The van der Waals surface area contributed by atoms with Crippen molar-refractivity contribution in [3.8, 4) is 0 Å². The molecule has 3 rings (SSSR count). The van der Waals surface area contributed by atoms with Gasteiger partial charge in [-0.2, -0.15) is 0 Å². The molecule has 0 radical (unpaired) electrons. The summed E-state index contributed by atoms with van der Waals surface area (Å²) in [5.74, 6) is 0.918. The molecule has 5 heteroatoms. The van der Waals surface area contributed by atoms with Crippen LogP contribution in [0.5, 0.6) is 0 Å². The molecule has 1 aromatic rings. The van der Waals surface area contributed by atoms with E-state index in [1.165, 1.54) is 25.9 Å². The minimum Gasteiger partial charge on any atom is -0.341 e. The predicted octanol–water partition coefficient (Wildman–Crippen LogP) is 0.967. The molecule has 110 valence electrons. The van der Waals surface area contributed by atoms with Gasteiger partial charge in [0.15, 0.2) is 0 Å². The van der Waals surface area contributed by atoms with E-state index in [1.54, 1.807) is 0 Å². The van der Waals surface area contributed by atoms with Crippen molar-refractivity contribution in [2.75, 3.05) is 44.2 Å². The highest BCUT2D eigenvalue weighted by atomic mass is 15.3. The molecule has 2 aliphatic heterocycles. The topological polar surface area (TPSA) is 44.3 Å². The Labute approximate surface area is 121 Å². The molecule has 3 heterocycles. The lowest BCUT2D eigenvalue weighted by atomic mass is 10.0. The SMILES string of the molecule is Cc1cc(C)nc(N2CCC(N3CCNCC3)CC2)n1. The predicted molar refractivity (Wildman–Crippen MR) is 81.2 cm³/mol. The summed E-state index contributed by atoms with van der Waals surface area (Å²) in [5.41, 5.74) is 2.13. The third-order valence-electron chi connectivity index (χ3n) is 4.39. The fourth-order valence-corrected chi connectivity index (χ4v) is 3.33. The lowest BCUT2D eigenvalue weighted by Gasteiger charge is -2.40. The van der Waals surface area contributed by atoms with E-state index in [4.69, 9.17) is 0 Å². The molecular weight excluding hydrogens is 250 g/mol. The molecule has 0 atom stereocenters. The maximum absolute atomic E-state index is 4.59. The fourth-order valence-electron chi connectivity index (χ4n) is 3.33. The maximum atomic E-state index is 4.59. The lowest BCUT2D eigenvalue weighted by Crippen LogP contribution is -2.52. The summed E-state index contributed by atoms with van der Waals surface area (Å²) in [6, 6.07) is 2.79. The molecule has 2 saturated heterocycles. The molecule has 0 aliphatic carbocycles. The van der Waals surface area contributed by atoms with Crippen LogP contribution in [0.4, 0.5) is 5.95 Å². The Morgan fingerprint density at radius 2 is 1.60 bits per heavy atom. The second kappa shape index (κ2) is 6.06. The molecule has 0 unspecified atom stereocenters. The van der Waals surface area contributed by atoms with Gasteiger partial charge < -0.3 is 10.2 Å². The van der Waals surface area contributed by atoms with Crippen LogP contribution in [0.25, 0.3) is 0 Å². The number of piperidine rings is 1. The standard InChI is InChI=1S/C15H25N5/c1-12-11-13(2)18-15(17-12)20-7-3-14(4-8-20)19-9-5-16-6-10-19/h11,14,16H,3-10H2,1-2H3. The van der Waals surface area contributed by atoms with E-state index in [1.807, 2.05) is 19.9 Å². The summed E-state index contributed by atoms with van der Waals surface area (Å²) in [7, 11) is 0. The molecule has 20 heavy (non-hydrogen) atoms. The molecule has 0 spiro atoms. The molecule has 0 saturated carbocycles. The molecule has 1 aromatic heterocycles. The van der Waals surface area contributed by atoms with Gasteiger partial charge in [0.05, 0.1) is 0 Å². The van der Waals surface area contributed by atoms with Crippen molar-refractivity contribution in [3.63, 3.8) is 0 Å². The Hall–Kier alpha value is -1.20. The molecule has 1 N–H and O–H groups in total. The van der Waals surface area contributed by atoms with E-state index in [0.29, 0.717) is 0 Å². The van der Waals surface area contributed by atoms with Crippen molar-refractivity contribution in [1.82, 2.24) is 20.2 Å². The molecule has 2 aliphatic rings. The largest absolute Gasteiger partial charge is 0.341 e. The highest BCUT2D eigenvalue weighted by Gasteiger charge is 2.26. The van der Waals surface area contributed by atoms with Crippen LogP contribution in [0.15, 0.2) is 6.07 Å². The summed E-state index contributed by atoms with van der Waals surface area (Å²) in [5, 5.41) is 3.43. The average Bonchev–Trinajstić information content (AvgIpc) is 2.47. The first-order chi connectivity index (χ1) is 9.72. The number of aromatic nitrogens is 2. The Kier molecular flexibility index (Phi) is 4.17. The molecule has 5 nitrogen and oxygen atoms in total. The van der Waals surface area contributed by atoms with Gasteiger partial charge in [-0.05, 0) is 32.8 Å². The van der Waals surface area contributed by atoms with Gasteiger partial charge in [-0.1, -0.05) is 0 Å². The molecule has 0 aromatic carbocycles. The zero-order valence-corrected chi connectivity index (χ0v) is 12.6. The van der Waals surface area contributed by atoms with Crippen molar-refractivity contribution in [3.05, 3.63) is 17.5 Å². The lowest BCUT2D eigenvalue weighted by molar-refractivity contribution is 0.149. The second-order valence-electron chi connectivity index (χ2n) is 5.95. The third kappa shape index (κ3) is 3.10. The second-order valence-corrected chi connectivity index (χ2v) is 5.95. The zero-order valence-electron chi connectivity index (χ0n) is 12.6. The zero-order chi connectivity index (χ0) is 13.9. The van der Waals surface area contributed by atoms with Crippen LogP contribution < -0.4 is 10.2 Å². The van der Waals surface area contributed by atoms with E-state index in [0.717, 1.165) is 49.6 Å². The number of rotatable bonds is 2. The van der Waals surface area contributed by atoms with Crippen molar-refractivity contribution in [1.29, 1.82) is 0 Å². The van der Waals surface area contributed by atoms with Gasteiger partial charge in [0.25, 0.3) is 0 Å². The Bertz CT molecular complexity index is 427. The maximum Gasteiger partial charge on any atom is 0.225 e. The number of anilines is 1. The Balaban J connectivity index is 1.60. The molecule has 0 bridgehead atoms. The molecule has 2 fully saturated rings. The first-order valence-corrected chi connectivity index (χ1v) is 7.74. The van der Waals surface area contributed by atoms with E-state index in [-0.39, 0.29) is 0 Å². The average molecular weight is 275 g/mol. The third-order valence-corrected chi connectivity index (χ3v) is 4.39. The van der Waals surface area contributed by atoms with E-state index < -0.39 is 0 Å². The van der Waals surface area contributed by atoms with Crippen molar-refractivity contribution < 1.29 is 0 Å². The fraction of sp³-hybridized carbons (Fsp3) is 0.733. The van der Waals surface area contributed by atoms with Gasteiger partial charge in [0.1, 0.15) is 0 Å². The van der Waals surface area contributed by atoms with Crippen molar-refractivity contribution >= 4 is 5.95 Å². The highest BCUT2D eigenvalue weighted by Crippen LogP contribution is 2.20. The van der Waals surface area contributed by atoms with Crippen LogP contribution in [-0.4, -0.2) is 60.2 Å². The number of hydrogen-bond acceptors (Lipinski definition) is 5. The van der Waals surface area contributed by atoms with Gasteiger partial charge in [0.2, 0.25) is 5.95 Å². The first kappa shape index (κ1) is 13.8. The van der Waals surface area contributed by atoms with Crippen molar-refractivity contribution in [2.45, 2.75) is 32.7 Å². The van der Waals surface area contributed by atoms with Gasteiger partial charge in [-0.3, -0.25) is 4.90 Å². The smallest absolute Gasteiger partial charge is 0.225 e. The Morgan fingerprint density at radius 1 is 1.00 bits per heavy atom. The van der Waals surface area contributed by atoms with Gasteiger partial charge in [0, 0.05) is 56.7 Å². The summed E-state index contributed by atoms with van der Waals surface area (Å²) in [4.78, 5) is 14.2. The van der Waals surface area contributed by atoms with E-state index in [2.05, 4.69) is 25.1 Å². The van der Waals surface area contributed by atoms with E-state index in [9.17, 15) is 0 Å². The van der Waals surface area contributed by atoms with Crippen LogP contribution in [0.3, 0.4) is 0 Å². The number of nitrogens with one attached hydrogen (secondary N) is 1. The minimum atomic E-state index is 0.749. The summed E-state index contributed by atoms with van der Waals surface area (Å²) >= 11 is 0. The van der Waals surface area contributed by atoms with Crippen LogP contribution >= 0.6 is 0 Å². The van der Waals surface area contributed by atoms with Gasteiger partial charge in [-0.15, -0.1) is 0 Å². The normalized spacial score (nSPS) is 22.2. The number of hydrogen-bond donors (Lipinski definition) is 1. The van der Waals surface area contributed by atoms with Crippen LogP contribution in [0, 0.1) is 13.8 Å². The van der Waals surface area contributed by atoms with Gasteiger partial charge >= 0.3 is 0 Å². The summed E-state index contributed by atoms with van der Waals surface area (Å²) < 4.78 is 0. The van der Waals surface area contributed by atoms with Crippen LogP contribution in [0.2, 0.25) is 0 Å². The number of aryl methyl sites for hydroxylation is 2. The molecular formula is C15H25N5.